The molecule has 0 spiro atoms. The minimum Gasteiger partial charge on any atom is -0.356 e. The minimum atomic E-state index is -4.27. The van der Waals surface area contributed by atoms with Crippen molar-refractivity contribution in [3.05, 3.63) is 46.2 Å². The summed E-state index contributed by atoms with van der Waals surface area (Å²) in [6.45, 7) is 0.359. The lowest BCUT2D eigenvalue weighted by atomic mass is 9.71. The highest BCUT2D eigenvalue weighted by molar-refractivity contribution is 7.94. The van der Waals surface area contributed by atoms with Gasteiger partial charge in [-0.3, -0.25) is 14.4 Å². The van der Waals surface area contributed by atoms with Gasteiger partial charge in [0.2, 0.25) is 26.8 Å². The van der Waals surface area contributed by atoms with Gasteiger partial charge in [-0.05, 0) is 43.9 Å². The monoisotopic (exact) mass is 600 g/mol. The molecule has 4 heterocycles. The van der Waals surface area contributed by atoms with Gasteiger partial charge in [-0.15, -0.1) is 0 Å². The Morgan fingerprint density at radius 3 is 2.65 bits per heavy atom. The molecule has 2 aromatic rings. The second-order valence-corrected chi connectivity index (χ2v) is 13.1. The first-order valence-electron chi connectivity index (χ1n) is 12.9. The Morgan fingerprint density at radius 1 is 1.27 bits per heavy atom. The molecule has 3 saturated heterocycles. The largest absolute Gasteiger partial charge is 0.356 e. The molecule has 14 heteroatoms. The van der Waals surface area contributed by atoms with E-state index in [1.165, 1.54) is 6.07 Å². The van der Waals surface area contributed by atoms with Gasteiger partial charge in [-0.2, -0.15) is 4.39 Å². The lowest BCUT2D eigenvalue weighted by Crippen LogP contribution is -2.68. The lowest BCUT2D eigenvalue weighted by molar-refractivity contribution is -0.179. The van der Waals surface area contributed by atoms with E-state index >= 15 is 8.78 Å². The number of hydrogen-bond donors (Lipinski definition) is 3. The van der Waals surface area contributed by atoms with Gasteiger partial charge in [-0.25, -0.2) is 17.2 Å². The van der Waals surface area contributed by atoms with Crippen LogP contribution in [0.15, 0.2) is 35.5 Å². The number of amides is 3. The number of benzene rings is 1. The van der Waals surface area contributed by atoms with Crippen LogP contribution in [-0.4, -0.2) is 72.9 Å². The number of halogens is 4. The van der Waals surface area contributed by atoms with Crippen LogP contribution in [0.4, 0.5) is 13.2 Å². The number of hydrogen-bond acceptors (Lipinski definition) is 5. The summed E-state index contributed by atoms with van der Waals surface area (Å²) in [5, 5.41) is 4.55. The standard InChI is InChI=1S/C26H28ClF3N4O5S/c1-40(38,39)20(28)11-15(9-14-7-8-31-23(14)35)32-24(36)22-17-6-5-16(12-26(17,29)30)34(22)25(37)19-10-13-3-2-4-18(27)21(13)33-19/h2-4,10-11,14-17,22,33H,5-9,12H2,1H3,(H,31,35)(H,32,36)/b20-11+/t14-,15+,16+,17+,22-/m0/s1. The molecule has 216 valence electrons. The number of fused-ring (bicyclic) bond motifs is 4. The lowest BCUT2D eigenvalue weighted by Gasteiger charge is -2.53. The van der Waals surface area contributed by atoms with E-state index < -0.39 is 69.1 Å². The molecule has 0 radical (unpaired) electrons. The van der Waals surface area contributed by atoms with E-state index in [0.717, 1.165) is 4.90 Å². The summed E-state index contributed by atoms with van der Waals surface area (Å²) in [6.07, 6.45) is 1.19. The van der Waals surface area contributed by atoms with Crippen molar-refractivity contribution in [2.45, 2.75) is 56.2 Å². The van der Waals surface area contributed by atoms with Crippen molar-refractivity contribution in [3.8, 4) is 0 Å². The fraction of sp³-hybridized carbons (Fsp3) is 0.500. The maximum absolute atomic E-state index is 15.1. The highest BCUT2D eigenvalue weighted by atomic mass is 35.5. The maximum Gasteiger partial charge on any atom is 0.271 e. The molecule has 9 nitrogen and oxygen atoms in total. The number of carbonyl (C=O) groups excluding carboxylic acids is 3. The second-order valence-electron chi connectivity index (χ2n) is 10.7. The van der Waals surface area contributed by atoms with Crippen LogP contribution in [0.5, 0.6) is 0 Å². The van der Waals surface area contributed by atoms with E-state index in [9.17, 15) is 27.2 Å². The van der Waals surface area contributed by atoms with E-state index in [4.69, 9.17) is 11.6 Å². The molecule has 3 aliphatic heterocycles. The summed E-state index contributed by atoms with van der Waals surface area (Å²) >= 11 is 6.22. The molecule has 1 aliphatic carbocycles. The van der Waals surface area contributed by atoms with Gasteiger partial charge in [0.25, 0.3) is 11.8 Å². The molecule has 1 aromatic heterocycles. The predicted octanol–water partition coefficient (Wildman–Crippen LogP) is 3.32. The Labute approximate surface area is 233 Å². The Bertz CT molecular complexity index is 1510. The number of para-hydroxylation sites is 1. The zero-order valence-electron chi connectivity index (χ0n) is 21.4. The molecule has 3 amide bonds. The molecule has 40 heavy (non-hydrogen) atoms. The third-order valence-corrected chi connectivity index (χ3v) is 9.15. The van der Waals surface area contributed by atoms with E-state index in [1.807, 2.05) is 0 Å². The van der Waals surface area contributed by atoms with Gasteiger partial charge in [0, 0.05) is 36.6 Å². The van der Waals surface area contributed by atoms with Crippen molar-refractivity contribution in [1.29, 1.82) is 0 Å². The van der Waals surface area contributed by atoms with Crippen molar-refractivity contribution >= 4 is 50.1 Å². The van der Waals surface area contributed by atoms with Crippen LogP contribution in [-0.2, 0) is 19.4 Å². The van der Waals surface area contributed by atoms with Gasteiger partial charge in [0.05, 0.1) is 22.5 Å². The number of carbonyl (C=O) groups is 3. The minimum absolute atomic E-state index is 0.0126. The van der Waals surface area contributed by atoms with Crippen LogP contribution in [0.2, 0.25) is 5.02 Å². The summed E-state index contributed by atoms with van der Waals surface area (Å²) in [4.78, 5) is 43.6. The number of H-pyrrole nitrogens is 1. The molecule has 1 saturated carbocycles. The number of aromatic nitrogens is 1. The van der Waals surface area contributed by atoms with Crippen molar-refractivity contribution < 1.29 is 36.0 Å². The summed E-state index contributed by atoms with van der Waals surface area (Å²) < 4.78 is 68.2. The molecule has 1 aromatic carbocycles. The molecule has 3 N–H and O–H groups in total. The fourth-order valence-electron chi connectivity index (χ4n) is 6.07. The maximum atomic E-state index is 15.1. The Hall–Kier alpha value is -3.06. The average molecular weight is 601 g/mol. The number of aromatic amines is 1. The highest BCUT2D eigenvalue weighted by Gasteiger charge is 2.60. The third kappa shape index (κ3) is 5.32. The second kappa shape index (κ2) is 10.4. The fourth-order valence-corrected chi connectivity index (χ4v) is 6.71. The van der Waals surface area contributed by atoms with E-state index in [0.29, 0.717) is 41.2 Å². The van der Waals surface area contributed by atoms with Crippen LogP contribution < -0.4 is 10.6 Å². The Balaban J connectivity index is 1.48. The average Bonchev–Trinajstić information content (AvgIpc) is 3.49. The zero-order valence-corrected chi connectivity index (χ0v) is 23.0. The number of sulfone groups is 1. The molecule has 5 atom stereocenters. The Kier molecular flexibility index (Phi) is 7.40. The Morgan fingerprint density at radius 2 is 2.02 bits per heavy atom. The first-order chi connectivity index (χ1) is 18.8. The van der Waals surface area contributed by atoms with Crippen LogP contribution in [0.3, 0.4) is 0 Å². The molecule has 4 aliphatic rings. The molecular weight excluding hydrogens is 573 g/mol. The third-order valence-electron chi connectivity index (χ3n) is 7.99. The number of nitrogens with one attached hydrogen (secondary N) is 3. The van der Waals surface area contributed by atoms with Gasteiger partial charge in [0.15, 0.2) is 0 Å². The summed E-state index contributed by atoms with van der Waals surface area (Å²) in [7, 11) is -4.27. The van der Waals surface area contributed by atoms with Crippen LogP contribution in [0.25, 0.3) is 10.9 Å². The van der Waals surface area contributed by atoms with Crippen molar-refractivity contribution in [2.75, 3.05) is 12.8 Å². The SMILES string of the molecule is CS(=O)(=O)/C(F)=C/[C@@H](C[C@@H]1CCNC1=O)NC(=O)[C@@H]1[C@H]2CC[C@H](CC2(F)F)N1C(=O)c1cc2cccc(Cl)c2[nH]1. The quantitative estimate of drug-likeness (QED) is 0.449. The number of alkyl halides is 2. The number of piperidine rings is 2. The first kappa shape index (κ1) is 28.5. The number of rotatable bonds is 7. The van der Waals surface area contributed by atoms with Gasteiger partial charge in [-0.1, -0.05) is 23.7 Å². The van der Waals surface area contributed by atoms with Crippen LogP contribution in [0, 0.1) is 11.8 Å². The predicted molar refractivity (Wildman–Crippen MR) is 141 cm³/mol. The summed E-state index contributed by atoms with van der Waals surface area (Å²) in [5.41, 5.74) is 0.552. The van der Waals surface area contributed by atoms with E-state index in [-0.39, 0.29) is 30.9 Å². The summed E-state index contributed by atoms with van der Waals surface area (Å²) in [6, 6.07) is 2.74. The highest BCUT2D eigenvalue weighted by Crippen LogP contribution is 2.49. The van der Waals surface area contributed by atoms with Crippen molar-refractivity contribution in [1.82, 2.24) is 20.5 Å². The summed E-state index contributed by atoms with van der Waals surface area (Å²) in [5.74, 6) is -7.37. The van der Waals surface area contributed by atoms with E-state index in [2.05, 4.69) is 15.6 Å². The number of nitrogens with zero attached hydrogens (tertiary/aromatic N) is 1. The smallest absolute Gasteiger partial charge is 0.271 e. The van der Waals surface area contributed by atoms with Crippen LogP contribution in [0.1, 0.15) is 42.6 Å². The topological polar surface area (TPSA) is 128 Å². The van der Waals surface area contributed by atoms with E-state index in [1.54, 1.807) is 18.2 Å². The van der Waals surface area contributed by atoms with Crippen molar-refractivity contribution in [2.24, 2.45) is 11.8 Å². The molecule has 4 fully saturated rings. The van der Waals surface area contributed by atoms with Crippen molar-refractivity contribution in [3.63, 3.8) is 0 Å². The zero-order chi connectivity index (χ0) is 29.0. The first-order valence-corrected chi connectivity index (χ1v) is 15.2. The molecule has 2 bridgehead atoms. The molecular formula is C26H28ClF3N4O5S. The van der Waals surface area contributed by atoms with Gasteiger partial charge in [0.1, 0.15) is 11.7 Å². The molecule has 0 unspecified atom stereocenters. The van der Waals surface area contributed by atoms with Gasteiger partial charge >= 0.3 is 0 Å². The normalized spacial score (nSPS) is 27.1. The van der Waals surface area contributed by atoms with Crippen LogP contribution >= 0.6 is 11.6 Å². The molecule has 6 rings (SSSR count). The van der Waals surface area contributed by atoms with Gasteiger partial charge < -0.3 is 20.5 Å².